The van der Waals surface area contributed by atoms with Crippen LogP contribution in [0.4, 0.5) is 4.39 Å². The summed E-state index contributed by atoms with van der Waals surface area (Å²) in [6.07, 6.45) is 0. The number of carbonyl (C=O) groups excluding carboxylic acids is 1. The van der Waals surface area contributed by atoms with E-state index in [9.17, 15) is 9.18 Å². The summed E-state index contributed by atoms with van der Waals surface area (Å²) < 4.78 is 13.0. The Morgan fingerprint density at radius 3 is 3.00 bits per heavy atom. The molecule has 0 aromatic heterocycles. The Morgan fingerprint density at radius 2 is 2.35 bits per heavy atom. The summed E-state index contributed by atoms with van der Waals surface area (Å²) >= 11 is 1.27. The number of hydrogen-bond donors (Lipinski definition) is 1. The normalized spacial score (nSPS) is 9.71. The van der Waals surface area contributed by atoms with Crippen LogP contribution in [0.3, 0.4) is 0 Å². The Kier molecular flexibility index (Phi) is 5.50. The largest absolute Gasteiger partial charge is 0.351 e. The monoisotopic (exact) mass is 252 g/mol. The van der Waals surface area contributed by atoms with Gasteiger partial charge in [-0.25, -0.2) is 4.39 Å². The first-order valence-corrected chi connectivity index (χ1v) is 6.25. The van der Waals surface area contributed by atoms with Gasteiger partial charge < -0.3 is 5.32 Å². The number of nitrogens with zero attached hydrogens (tertiary/aromatic N) is 1. The summed E-state index contributed by atoms with van der Waals surface area (Å²) in [6, 6.07) is 6.69. The number of hydrogen-bond acceptors (Lipinski definition) is 3. The number of amides is 1. The average Bonchev–Trinajstić information content (AvgIpc) is 2.31. The molecule has 0 radical (unpaired) electrons. The van der Waals surface area contributed by atoms with Crippen LogP contribution in [0.25, 0.3) is 0 Å². The fourth-order valence-corrected chi connectivity index (χ4v) is 1.74. The molecule has 0 atom stereocenters. The quantitative estimate of drug-likeness (QED) is 0.815. The van der Waals surface area contributed by atoms with Crippen molar-refractivity contribution in [3.05, 3.63) is 35.1 Å². The molecule has 0 saturated heterocycles. The number of nitriles is 1. The number of rotatable bonds is 5. The van der Waals surface area contributed by atoms with E-state index in [1.54, 1.807) is 19.1 Å². The number of nitrogens with one attached hydrogen (secondary N) is 1. The summed E-state index contributed by atoms with van der Waals surface area (Å²) in [5.74, 6) is 0.216. The molecule has 3 nitrogen and oxygen atoms in total. The first kappa shape index (κ1) is 13.5. The Hall–Kier alpha value is -1.54. The highest BCUT2D eigenvalue weighted by molar-refractivity contribution is 8.00. The lowest BCUT2D eigenvalue weighted by atomic mass is 10.1. The van der Waals surface area contributed by atoms with Crippen LogP contribution in [0.5, 0.6) is 0 Å². The van der Waals surface area contributed by atoms with Crippen LogP contribution in [0.1, 0.15) is 11.1 Å². The Labute approximate surface area is 104 Å². The van der Waals surface area contributed by atoms with Crippen LogP contribution in [0.2, 0.25) is 0 Å². The second kappa shape index (κ2) is 6.92. The van der Waals surface area contributed by atoms with Crippen LogP contribution in [-0.4, -0.2) is 17.4 Å². The molecule has 0 aliphatic carbocycles. The third-order valence-electron chi connectivity index (χ3n) is 2.11. The third kappa shape index (κ3) is 4.87. The fraction of sp³-hybridized carbons (Fsp3) is 0.333. The van der Waals surface area contributed by atoms with E-state index in [1.165, 1.54) is 17.8 Å². The zero-order valence-electron chi connectivity index (χ0n) is 9.50. The molecule has 0 fully saturated rings. The van der Waals surface area contributed by atoms with E-state index in [0.29, 0.717) is 17.9 Å². The van der Waals surface area contributed by atoms with Gasteiger partial charge in [-0.1, -0.05) is 12.1 Å². The summed E-state index contributed by atoms with van der Waals surface area (Å²) in [5.41, 5.74) is 1.43. The molecule has 0 saturated carbocycles. The second-order valence-electron chi connectivity index (χ2n) is 3.51. The van der Waals surface area contributed by atoms with Crippen molar-refractivity contribution in [3.63, 3.8) is 0 Å². The minimum absolute atomic E-state index is 0.118. The lowest BCUT2D eigenvalue weighted by Crippen LogP contribution is -2.24. The van der Waals surface area contributed by atoms with Gasteiger partial charge in [-0.05, 0) is 24.1 Å². The lowest BCUT2D eigenvalue weighted by molar-refractivity contribution is -0.118. The van der Waals surface area contributed by atoms with E-state index in [4.69, 9.17) is 5.26 Å². The topological polar surface area (TPSA) is 52.9 Å². The molecule has 0 bridgehead atoms. The molecular formula is C12H13FN2OS. The molecule has 1 aromatic carbocycles. The number of thioether (sulfide) groups is 1. The van der Waals surface area contributed by atoms with Crippen molar-refractivity contribution in [3.8, 4) is 6.07 Å². The van der Waals surface area contributed by atoms with Crippen molar-refractivity contribution in [1.29, 1.82) is 5.26 Å². The van der Waals surface area contributed by atoms with Crippen LogP contribution >= 0.6 is 11.8 Å². The van der Waals surface area contributed by atoms with Gasteiger partial charge >= 0.3 is 0 Å². The van der Waals surface area contributed by atoms with E-state index in [1.807, 2.05) is 6.07 Å². The average molecular weight is 252 g/mol. The molecule has 5 heteroatoms. The zero-order chi connectivity index (χ0) is 12.7. The molecule has 0 spiro atoms. The van der Waals surface area contributed by atoms with E-state index in [2.05, 4.69) is 5.32 Å². The summed E-state index contributed by atoms with van der Waals surface area (Å²) in [4.78, 5) is 11.3. The molecule has 0 aliphatic rings. The maximum absolute atomic E-state index is 13.0. The van der Waals surface area contributed by atoms with E-state index < -0.39 is 0 Å². The van der Waals surface area contributed by atoms with Crippen molar-refractivity contribution in [2.45, 2.75) is 13.5 Å². The lowest BCUT2D eigenvalue weighted by Gasteiger charge is -2.05. The molecule has 1 amide bonds. The zero-order valence-corrected chi connectivity index (χ0v) is 10.3. The van der Waals surface area contributed by atoms with Gasteiger partial charge in [-0.2, -0.15) is 5.26 Å². The first-order chi connectivity index (χ1) is 8.13. The molecule has 1 rings (SSSR count). The predicted molar refractivity (Wildman–Crippen MR) is 65.9 cm³/mol. The van der Waals surface area contributed by atoms with Gasteiger partial charge in [0.15, 0.2) is 0 Å². The van der Waals surface area contributed by atoms with E-state index >= 15 is 0 Å². The second-order valence-corrected chi connectivity index (χ2v) is 4.50. The molecule has 1 aromatic rings. The molecule has 1 N–H and O–H groups in total. The molecule has 0 aliphatic heterocycles. The standard InChI is InChI=1S/C12H13FN2OS/c1-9-6-10(2-3-11(9)13)7-15-12(16)8-17-5-4-14/h2-3,6H,5,7-8H2,1H3,(H,15,16). The number of halogens is 1. The summed E-state index contributed by atoms with van der Waals surface area (Å²) in [7, 11) is 0. The highest BCUT2D eigenvalue weighted by Gasteiger charge is 2.03. The maximum atomic E-state index is 13.0. The number of carbonyl (C=O) groups is 1. The number of aryl methyl sites for hydroxylation is 1. The van der Waals surface area contributed by atoms with Gasteiger partial charge in [0.1, 0.15) is 5.82 Å². The molecular weight excluding hydrogens is 239 g/mol. The smallest absolute Gasteiger partial charge is 0.230 e. The molecule has 17 heavy (non-hydrogen) atoms. The molecule has 0 heterocycles. The Balaban J connectivity index is 2.37. The van der Waals surface area contributed by atoms with Gasteiger partial charge in [0.05, 0.1) is 17.6 Å². The van der Waals surface area contributed by atoms with Gasteiger partial charge in [0.2, 0.25) is 5.91 Å². The van der Waals surface area contributed by atoms with Crippen molar-refractivity contribution in [2.75, 3.05) is 11.5 Å². The molecule has 0 unspecified atom stereocenters. The minimum Gasteiger partial charge on any atom is -0.351 e. The van der Waals surface area contributed by atoms with Gasteiger partial charge in [0, 0.05) is 6.54 Å². The minimum atomic E-state index is -0.246. The van der Waals surface area contributed by atoms with Crippen LogP contribution in [0, 0.1) is 24.1 Å². The first-order valence-electron chi connectivity index (χ1n) is 5.10. The third-order valence-corrected chi connectivity index (χ3v) is 2.91. The van der Waals surface area contributed by atoms with Crippen molar-refractivity contribution in [1.82, 2.24) is 5.32 Å². The molecule has 90 valence electrons. The summed E-state index contributed by atoms with van der Waals surface area (Å²) in [5, 5.41) is 11.0. The van der Waals surface area contributed by atoms with E-state index in [0.717, 1.165) is 5.56 Å². The SMILES string of the molecule is Cc1cc(CNC(=O)CSCC#N)ccc1F. The predicted octanol–water partition coefficient (Wildman–Crippen LogP) is 2.01. The van der Waals surface area contributed by atoms with Crippen molar-refractivity contribution in [2.24, 2.45) is 0 Å². The number of benzene rings is 1. The maximum Gasteiger partial charge on any atom is 0.230 e. The van der Waals surface area contributed by atoms with Crippen molar-refractivity contribution < 1.29 is 9.18 Å². The van der Waals surface area contributed by atoms with Crippen LogP contribution in [-0.2, 0) is 11.3 Å². The Bertz CT molecular complexity index is 443. The van der Waals surface area contributed by atoms with E-state index in [-0.39, 0.29) is 17.5 Å². The van der Waals surface area contributed by atoms with Crippen molar-refractivity contribution >= 4 is 17.7 Å². The van der Waals surface area contributed by atoms with Crippen LogP contribution < -0.4 is 5.32 Å². The van der Waals surface area contributed by atoms with Gasteiger partial charge in [-0.15, -0.1) is 11.8 Å². The highest BCUT2D eigenvalue weighted by Crippen LogP contribution is 2.09. The Morgan fingerprint density at radius 1 is 1.59 bits per heavy atom. The fourth-order valence-electron chi connectivity index (χ4n) is 1.26. The van der Waals surface area contributed by atoms with Crippen LogP contribution in [0.15, 0.2) is 18.2 Å². The summed E-state index contributed by atoms with van der Waals surface area (Å²) in [6.45, 7) is 2.07. The highest BCUT2D eigenvalue weighted by atomic mass is 32.2. The van der Waals surface area contributed by atoms with Gasteiger partial charge in [0.25, 0.3) is 0 Å². The van der Waals surface area contributed by atoms with Gasteiger partial charge in [-0.3, -0.25) is 4.79 Å².